The highest BCUT2D eigenvalue weighted by molar-refractivity contribution is 5.95. The van der Waals surface area contributed by atoms with Gasteiger partial charge in [0.15, 0.2) is 0 Å². The molecule has 32 heavy (non-hydrogen) atoms. The van der Waals surface area contributed by atoms with E-state index in [4.69, 9.17) is 9.72 Å². The standard InChI is InChI=1S/C27H29N3O2/c1-20-10-9-12-22(18-20)32-17-8-7-16-30-25-15-6-5-14-24(25)29-26(30)19-28-27(31)23-13-4-3-11-21(23)2/h3-6,9-15,18H,7-8,16-17,19H2,1-2H3,(H,28,31). The number of benzene rings is 3. The van der Waals surface area contributed by atoms with Gasteiger partial charge in [-0.1, -0.05) is 42.5 Å². The van der Waals surface area contributed by atoms with Crippen molar-refractivity contribution in [3.8, 4) is 5.75 Å². The maximum Gasteiger partial charge on any atom is 0.251 e. The molecule has 0 aliphatic carbocycles. The molecule has 0 spiro atoms. The zero-order chi connectivity index (χ0) is 22.3. The maximum absolute atomic E-state index is 12.7. The number of hydrogen-bond acceptors (Lipinski definition) is 3. The van der Waals surface area contributed by atoms with Gasteiger partial charge in [-0.25, -0.2) is 4.98 Å². The number of aryl methyl sites for hydroxylation is 3. The first-order valence-corrected chi connectivity index (χ1v) is 11.1. The number of imidazole rings is 1. The molecule has 1 heterocycles. The van der Waals surface area contributed by atoms with Gasteiger partial charge >= 0.3 is 0 Å². The molecule has 0 unspecified atom stereocenters. The van der Waals surface area contributed by atoms with E-state index in [0.29, 0.717) is 18.7 Å². The van der Waals surface area contributed by atoms with Crippen molar-refractivity contribution in [3.05, 3.63) is 95.3 Å². The number of fused-ring (bicyclic) bond motifs is 1. The molecule has 0 saturated heterocycles. The van der Waals surface area contributed by atoms with Gasteiger partial charge < -0.3 is 14.6 Å². The van der Waals surface area contributed by atoms with Crippen LogP contribution in [0.1, 0.15) is 40.2 Å². The Kier molecular flexibility index (Phi) is 6.85. The van der Waals surface area contributed by atoms with Crippen LogP contribution in [0.3, 0.4) is 0 Å². The molecule has 0 atom stereocenters. The number of ether oxygens (including phenoxy) is 1. The summed E-state index contributed by atoms with van der Waals surface area (Å²) in [5.74, 6) is 1.71. The maximum atomic E-state index is 12.7. The van der Waals surface area contributed by atoms with Crippen molar-refractivity contribution in [2.24, 2.45) is 0 Å². The first kappa shape index (κ1) is 21.6. The largest absolute Gasteiger partial charge is 0.494 e. The summed E-state index contributed by atoms with van der Waals surface area (Å²) >= 11 is 0. The van der Waals surface area contributed by atoms with Crippen molar-refractivity contribution in [3.63, 3.8) is 0 Å². The lowest BCUT2D eigenvalue weighted by Gasteiger charge is -2.12. The predicted octanol–water partition coefficient (Wildman–Crippen LogP) is 5.44. The van der Waals surface area contributed by atoms with E-state index in [1.807, 2.05) is 61.5 Å². The third kappa shape index (κ3) is 5.17. The van der Waals surface area contributed by atoms with Crippen molar-refractivity contribution in [1.82, 2.24) is 14.9 Å². The molecular weight excluding hydrogens is 398 g/mol. The van der Waals surface area contributed by atoms with E-state index < -0.39 is 0 Å². The van der Waals surface area contributed by atoms with Gasteiger partial charge in [0.05, 0.1) is 24.2 Å². The molecule has 4 rings (SSSR count). The number of unbranched alkanes of at least 4 members (excludes halogenated alkanes) is 1. The van der Waals surface area contributed by atoms with Crippen LogP contribution in [0.4, 0.5) is 0 Å². The Morgan fingerprint density at radius 3 is 2.62 bits per heavy atom. The van der Waals surface area contributed by atoms with Crippen LogP contribution in [0.2, 0.25) is 0 Å². The van der Waals surface area contributed by atoms with Gasteiger partial charge in [-0.2, -0.15) is 0 Å². The summed E-state index contributed by atoms with van der Waals surface area (Å²) in [4.78, 5) is 17.4. The van der Waals surface area contributed by atoms with Crippen molar-refractivity contribution in [2.75, 3.05) is 6.61 Å². The summed E-state index contributed by atoms with van der Waals surface area (Å²) in [6.45, 7) is 5.91. The van der Waals surface area contributed by atoms with Gasteiger partial charge in [-0.3, -0.25) is 4.79 Å². The third-order valence-electron chi connectivity index (χ3n) is 5.56. The molecule has 0 fully saturated rings. The molecular formula is C27H29N3O2. The zero-order valence-corrected chi connectivity index (χ0v) is 18.7. The quantitative estimate of drug-likeness (QED) is 0.362. The van der Waals surface area contributed by atoms with Gasteiger partial charge in [0.1, 0.15) is 11.6 Å². The van der Waals surface area contributed by atoms with E-state index in [1.165, 1.54) is 5.56 Å². The Hall–Kier alpha value is -3.60. The van der Waals surface area contributed by atoms with Crippen LogP contribution in [0.15, 0.2) is 72.8 Å². The summed E-state index contributed by atoms with van der Waals surface area (Å²) in [5, 5.41) is 3.04. The fourth-order valence-corrected chi connectivity index (χ4v) is 3.86. The molecule has 0 bridgehead atoms. The number of para-hydroxylation sites is 2. The van der Waals surface area contributed by atoms with E-state index in [1.54, 1.807) is 0 Å². The molecule has 5 heteroatoms. The lowest BCUT2D eigenvalue weighted by Crippen LogP contribution is -2.25. The second-order valence-electron chi connectivity index (χ2n) is 8.04. The number of hydrogen-bond donors (Lipinski definition) is 1. The first-order chi connectivity index (χ1) is 15.6. The minimum Gasteiger partial charge on any atom is -0.494 e. The molecule has 0 aliphatic rings. The molecule has 1 N–H and O–H groups in total. The van der Waals surface area contributed by atoms with E-state index in [2.05, 4.69) is 35.0 Å². The van der Waals surface area contributed by atoms with E-state index >= 15 is 0 Å². The third-order valence-corrected chi connectivity index (χ3v) is 5.56. The Bertz CT molecular complexity index is 1210. The summed E-state index contributed by atoms with van der Waals surface area (Å²) in [6, 6.07) is 23.9. The first-order valence-electron chi connectivity index (χ1n) is 11.1. The van der Waals surface area contributed by atoms with Crippen LogP contribution < -0.4 is 10.1 Å². The molecule has 1 amide bonds. The molecule has 1 aromatic heterocycles. The Labute approximate surface area is 189 Å². The number of amides is 1. The van der Waals surface area contributed by atoms with Crippen molar-refractivity contribution in [2.45, 2.75) is 39.8 Å². The molecule has 0 radical (unpaired) electrons. The lowest BCUT2D eigenvalue weighted by molar-refractivity contribution is 0.0949. The number of rotatable bonds is 9. The highest BCUT2D eigenvalue weighted by Crippen LogP contribution is 2.18. The minimum absolute atomic E-state index is 0.0757. The highest BCUT2D eigenvalue weighted by Gasteiger charge is 2.13. The summed E-state index contributed by atoms with van der Waals surface area (Å²) in [5.41, 5.74) is 4.90. The van der Waals surface area contributed by atoms with Crippen molar-refractivity contribution < 1.29 is 9.53 Å². The molecule has 3 aromatic carbocycles. The van der Waals surface area contributed by atoms with Crippen LogP contribution in [0, 0.1) is 13.8 Å². The lowest BCUT2D eigenvalue weighted by atomic mass is 10.1. The number of carbonyl (C=O) groups is 1. The predicted molar refractivity (Wildman–Crippen MR) is 128 cm³/mol. The van der Waals surface area contributed by atoms with E-state index in [0.717, 1.165) is 47.6 Å². The van der Waals surface area contributed by atoms with Gasteiger partial charge in [0, 0.05) is 12.1 Å². The second kappa shape index (κ2) is 10.1. The Morgan fingerprint density at radius 1 is 0.969 bits per heavy atom. The SMILES string of the molecule is Cc1cccc(OCCCCn2c(CNC(=O)c3ccccc3C)nc3ccccc32)c1. The molecule has 0 aliphatic heterocycles. The molecule has 4 aromatic rings. The van der Waals surface area contributed by atoms with E-state index in [9.17, 15) is 4.79 Å². The zero-order valence-electron chi connectivity index (χ0n) is 18.7. The van der Waals surface area contributed by atoms with Gasteiger partial charge in [0.25, 0.3) is 5.91 Å². The summed E-state index contributed by atoms with van der Waals surface area (Å²) in [6.07, 6.45) is 1.90. The topological polar surface area (TPSA) is 56.1 Å². The average Bonchev–Trinajstić information content (AvgIpc) is 3.15. The van der Waals surface area contributed by atoms with Crippen LogP contribution in [0.25, 0.3) is 11.0 Å². The Morgan fingerprint density at radius 2 is 1.78 bits per heavy atom. The van der Waals surface area contributed by atoms with Gasteiger partial charge in [-0.15, -0.1) is 0 Å². The van der Waals surface area contributed by atoms with E-state index in [-0.39, 0.29) is 5.91 Å². The van der Waals surface area contributed by atoms with Crippen molar-refractivity contribution in [1.29, 1.82) is 0 Å². The van der Waals surface area contributed by atoms with Crippen LogP contribution in [-0.4, -0.2) is 22.1 Å². The summed E-state index contributed by atoms with van der Waals surface area (Å²) in [7, 11) is 0. The summed E-state index contributed by atoms with van der Waals surface area (Å²) < 4.78 is 8.09. The molecule has 164 valence electrons. The monoisotopic (exact) mass is 427 g/mol. The molecule has 0 saturated carbocycles. The average molecular weight is 428 g/mol. The highest BCUT2D eigenvalue weighted by atomic mass is 16.5. The van der Waals surface area contributed by atoms with Gasteiger partial charge in [-0.05, 0) is 68.1 Å². The fourth-order valence-electron chi connectivity index (χ4n) is 3.86. The molecule has 5 nitrogen and oxygen atoms in total. The number of nitrogens with zero attached hydrogens (tertiary/aromatic N) is 2. The normalized spacial score (nSPS) is 10.9. The Balaban J connectivity index is 1.39. The van der Waals surface area contributed by atoms with Crippen LogP contribution in [0.5, 0.6) is 5.75 Å². The smallest absolute Gasteiger partial charge is 0.251 e. The number of nitrogens with one attached hydrogen (secondary N) is 1. The van der Waals surface area contributed by atoms with Crippen molar-refractivity contribution >= 4 is 16.9 Å². The van der Waals surface area contributed by atoms with Crippen LogP contribution >= 0.6 is 0 Å². The number of aromatic nitrogens is 2. The van der Waals surface area contributed by atoms with Crippen LogP contribution in [-0.2, 0) is 13.1 Å². The minimum atomic E-state index is -0.0757. The van der Waals surface area contributed by atoms with Gasteiger partial charge in [0.2, 0.25) is 0 Å². The second-order valence-corrected chi connectivity index (χ2v) is 8.04. The number of carbonyl (C=O) groups excluding carboxylic acids is 1. The fraction of sp³-hybridized carbons (Fsp3) is 0.259.